The van der Waals surface area contributed by atoms with Crippen LogP contribution < -0.4 is 19.7 Å². The Morgan fingerprint density at radius 3 is 2.95 bits per heavy atom. The van der Waals surface area contributed by atoms with Gasteiger partial charge in [-0.1, -0.05) is 0 Å². The summed E-state index contributed by atoms with van der Waals surface area (Å²) in [4.78, 5) is 14.9. The number of halogens is 1. The lowest BCUT2D eigenvalue weighted by molar-refractivity contribution is 0.0699. The zero-order valence-corrected chi connectivity index (χ0v) is 19.9. The van der Waals surface area contributed by atoms with E-state index in [1.807, 2.05) is 42.2 Å². The van der Waals surface area contributed by atoms with Crippen LogP contribution in [-0.4, -0.2) is 57.0 Å². The average Bonchev–Trinajstić information content (AvgIpc) is 3.38. The van der Waals surface area contributed by atoms with Gasteiger partial charge in [0.1, 0.15) is 48.0 Å². The quantitative estimate of drug-likeness (QED) is 0.389. The Morgan fingerprint density at radius 1 is 1.08 bits per heavy atom. The Bertz CT molecular complexity index is 1660. The van der Waals surface area contributed by atoms with Crippen LogP contribution in [0.2, 0.25) is 0 Å². The normalized spacial score (nSPS) is 16.8. The zero-order valence-electron chi connectivity index (χ0n) is 19.9. The standard InChI is InChI=1S/C26H22FN7O3/c1-15-8-16(2-3-20(15)37-18-4-5-34-22(9-18)29-14-31-34)32-26-23-19(28-13-30-26)10-21-25(24(23)27)33-6-7-35-11-17(33)12-36-21/h2-5,8-10,13-14,17H,6-7,11-12H2,1H3,(H,28,30,32)/t17-/m0/s1. The SMILES string of the molecule is Cc1cc(Nc2ncnc3cc4c(c(F)c23)N2CCOC[C@H]2CO4)ccc1Oc1ccn2ncnc2c1. The van der Waals surface area contributed by atoms with Crippen molar-refractivity contribution in [2.24, 2.45) is 0 Å². The number of pyridine rings is 1. The first kappa shape index (κ1) is 21.7. The molecule has 10 nitrogen and oxygen atoms in total. The molecule has 5 aromatic rings. The Morgan fingerprint density at radius 2 is 2.03 bits per heavy atom. The molecule has 1 N–H and O–H groups in total. The molecule has 186 valence electrons. The maximum Gasteiger partial charge on any atom is 0.163 e. The predicted octanol–water partition coefficient (Wildman–Crippen LogP) is 4.25. The molecule has 37 heavy (non-hydrogen) atoms. The molecule has 2 aliphatic rings. The van der Waals surface area contributed by atoms with Crippen LogP contribution in [0.1, 0.15) is 5.56 Å². The van der Waals surface area contributed by atoms with Gasteiger partial charge in [0.25, 0.3) is 0 Å². The van der Waals surface area contributed by atoms with Gasteiger partial charge in [-0.2, -0.15) is 5.10 Å². The first-order valence-electron chi connectivity index (χ1n) is 11.9. The second-order valence-electron chi connectivity index (χ2n) is 9.02. The van der Waals surface area contributed by atoms with Crippen LogP contribution in [0.15, 0.2) is 55.2 Å². The lowest BCUT2D eigenvalue weighted by Gasteiger charge is -2.41. The van der Waals surface area contributed by atoms with Gasteiger partial charge in [-0.25, -0.2) is 23.9 Å². The van der Waals surface area contributed by atoms with Crippen molar-refractivity contribution in [1.82, 2.24) is 24.6 Å². The summed E-state index contributed by atoms with van der Waals surface area (Å²) in [5.41, 5.74) is 3.25. The molecule has 2 aromatic carbocycles. The Kier molecular flexibility index (Phi) is 5.03. The minimum atomic E-state index is -0.400. The molecule has 7 rings (SSSR count). The number of nitrogens with one attached hydrogen (secondary N) is 1. The maximum absolute atomic E-state index is 16.0. The largest absolute Gasteiger partial charge is 0.489 e. The molecule has 3 aromatic heterocycles. The van der Waals surface area contributed by atoms with Gasteiger partial charge < -0.3 is 24.4 Å². The van der Waals surface area contributed by atoms with E-state index in [1.165, 1.54) is 12.7 Å². The molecule has 1 saturated heterocycles. The van der Waals surface area contributed by atoms with Gasteiger partial charge in [0, 0.05) is 30.6 Å². The molecule has 5 heterocycles. The molecule has 0 spiro atoms. The second-order valence-corrected chi connectivity index (χ2v) is 9.02. The molecule has 0 aliphatic carbocycles. The predicted molar refractivity (Wildman–Crippen MR) is 134 cm³/mol. The van der Waals surface area contributed by atoms with E-state index < -0.39 is 5.82 Å². The molecular formula is C26H22FN7O3. The molecule has 0 unspecified atom stereocenters. The van der Waals surface area contributed by atoms with Gasteiger partial charge in [-0.05, 0) is 36.8 Å². The van der Waals surface area contributed by atoms with Gasteiger partial charge in [0.2, 0.25) is 0 Å². The Balaban J connectivity index is 1.21. The van der Waals surface area contributed by atoms with Gasteiger partial charge >= 0.3 is 0 Å². The van der Waals surface area contributed by atoms with E-state index in [0.717, 1.165) is 11.3 Å². The highest BCUT2D eigenvalue weighted by atomic mass is 19.1. The van der Waals surface area contributed by atoms with E-state index in [4.69, 9.17) is 14.2 Å². The van der Waals surface area contributed by atoms with Crippen LogP contribution in [0.5, 0.6) is 17.2 Å². The summed E-state index contributed by atoms with van der Waals surface area (Å²) in [6.45, 7) is 4.05. The van der Waals surface area contributed by atoms with E-state index in [-0.39, 0.29) is 6.04 Å². The van der Waals surface area contributed by atoms with Crippen LogP contribution in [0, 0.1) is 12.7 Å². The number of hydrogen-bond donors (Lipinski definition) is 1. The van der Waals surface area contributed by atoms with E-state index in [9.17, 15) is 0 Å². The van der Waals surface area contributed by atoms with Gasteiger partial charge in [0.15, 0.2) is 11.5 Å². The van der Waals surface area contributed by atoms with E-state index in [2.05, 4.69) is 25.4 Å². The Hall–Kier alpha value is -4.51. The van der Waals surface area contributed by atoms with Crippen LogP contribution in [-0.2, 0) is 4.74 Å². The number of rotatable bonds is 4. The first-order valence-corrected chi connectivity index (χ1v) is 11.9. The highest BCUT2D eigenvalue weighted by Gasteiger charge is 2.34. The number of fused-ring (bicyclic) bond motifs is 5. The summed E-state index contributed by atoms with van der Waals surface area (Å²) in [5.74, 6) is 1.82. The molecule has 0 amide bonds. The summed E-state index contributed by atoms with van der Waals surface area (Å²) in [5, 5.41) is 7.68. The van der Waals surface area contributed by atoms with Crippen molar-refractivity contribution in [2.75, 3.05) is 36.6 Å². The van der Waals surface area contributed by atoms with Crippen molar-refractivity contribution in [2.45, 2.75) is 13.0 Å². The smallest absolute Gasteiger partial charge is 0.163 e. The van der Waals surface area contributed by atoms with E-state index in [0.29, 0.717) is 71.7 Å². The molecular weight excluding hydrogens is 477 g/mol. The second kappa shape index (κ2) is 8.56. The number of morpholine rings is 1. The molecule has 11 heteroatoms. The monoisotopic (exact) mass is 499 g/mol. The Labute approximate surface area is 210 Å². The van der Waals surface area contributed by atoms with Crippen LogP contribution >= 0.6 is 0 Å². The number of hydrogen-bond acceptors (Lipinski definition) is 9. The van der Waals surface area contributed by atoms with Crippen molar-refractivity contribution in [3.05, 3.63) is 66.6 Å². The highest BCUT2D eigenvalue weighted by Crippen LogP contribution is 2.42. The fourth-order valence-corrected chi connectivity index (χ4v) is 4.86. The zero-order chi connectivity index (χ0) is 24.9. The molecule has 1 fully saturated rings. The van der Waals surface area contributed by atoms with Crippen molar-refractivity contribution in [1.29, 1.82) is 0 Å². The fourth-order valence-electron chi connectivity index (χ4n) is 4.86. The first-order chi connectivity index (χ1) is 18.1. The number of aryl methyl sites for hydroxylation is 1. The van der Waals surface area contributed by atoms with Gasteiger partial charge in [-0.15, -0.1) is 0 Å². The maximum atomic E-state index is 16.0. The molecule has 0 bridgehead atoms. The number of ether oxygens (including phenoxy) is 3. The van der Waals surface area contributed by atoms with Gasteiger partial charge in [0.05, 0.1) is 30.2 Å². The highest BCUT2D eigenvalue weighted by molar-refractivity contribution is 5.96. The number of nitrogens with zero attached hydrogens (tertiary/aromatic N) is 6. The lowest BCUT2D eigenvalue weighted by Crippen LogP contribution is -2.51. The topological polar surface area (TPSA) is 98.9 Å². The minimum Gasteiger partial charge on any atom is -0.489 e. The van der Waals surface area contributed by atoms with Crippen molar-refractivity contribution in [3.8, 4) is 17.2 Å². The van der Waals surface area contributed by atoms with E-state index >= 15 is 4.39 Å². The third-order valence-electron chi connectivity index (χ3n) is 6.67. The molecule has 0 radical (unpaired) electrons. The van der Waals surface area contributed by atoms with Crippen molar-refractivity contribution >= 4 is 33.7 Å². The number of aromatic nitrogens is 5. The van der Waals surface area contributed by atoms with Gasteiger partial charge in [-0.3, -0.25) is 0 Å². The minimum absolute atomic E-state index is 0.0186. The summed E-state index contributed by atoms with van der Waals surface area (Å²) >= 11 is 0. The van der Waals surface area contributed by atoms with Crippen LogP contribution in [0.3, 0.4) is 0 Å². The van der Waals surface area contributed by atoms with Crippen LogP contribution in [0.4, 0.5) is 21.6 Å². The average molecular weight is 500 g/mol. The third-order valence-corrected chi connectivity index (χ3v) is 6.67. The summed E-state index contributed by atoms with van der Waals surface area (Å²) < 4.78 is 35.2. The molecule has 1 atom stereocenters. The van der Waals surface area contributed by atoms with Crippen LogP contribution in [0.25, 0.3) is 16.6 Å². The summed E-state index contributed by atoms with van der Waals surface area (Å²) in [6.07, 6.45) is 4.70. The van der Waals surface area contributed by atoms with E-state index in [1.54, 1.807) is 16.8 Å². The third kappa shape index (κ3) is 3.75. The number of benzene rings is 2. The van der Waals surface area contributed by atoms with Crippen molar-refractivity contribution in [3.63, 3.8) is 0 Å². The summed E-state index contributed by atoms with van der Waals surface area (Å²) in [7, 11) is 0. The molecule has 2 aliphatic heterocycles. The summed E-state index contributed by atoms with van der Waals surface area (Å²) in [6, 6.07) is 11.1. The molecule has 0 saturated carbocycles. The fraction of sp³-hybridized carbons (Fsp3) is 0.231. The van der Waals surface area contributed by atoms with Crippen molar-refractivity contribution < 1.29 is 18.6 Å². The number of anilines is 3. The lowest BCUT2D eigenvalue weighted by atomic mass is 10.1.